The van der Waals surface area contributed by atoms with E-state index >= 15 is 0 Å². The maximum atomic E-state index is 12.3. The van der Waals surface area contributed by atoms with Crippen LogP contribution in [0.4, 0.5) is 0 Å². The molecule has 0 saturated carbocycles. The van der Waals surface area contributed by atoms with Gasteiger partial charge in [0.05, 0.1) is 11.2 Å². The molecule has 5 nitrogen and oxygen atoms in total. The summed E-state index contributed by atoms with van der Waals surface area (Å²) in [4.78, 5) is 18.0. The highest BCUT2D eigenvalue weighted by atomic mass is 16.3. The van der Waals surface area contributed by atoms with E-state index in [1.165, 1.54) is 6.20 Å². The number of pyridine rings is 1. The largest absolute Gasteiger partial charge is 0.390 e. The van der Waals surface area contributed by atoms with Crippen LogP contribution in [-0.4, -0.2) is 39.6 Å². The number of carbonyl (C=O) groups excluding carboxylic acids is 1. The SMILES string of the molecule is CC1(O)CCCN(C(=O)c2ccc(C#N)cn2)CC1. The van der Waals surface area contributed by atoms with E-state index in [2.05, 4.69) is 4.98 Å². The molecule has 1 atom stereocenters. The molecule has 0 aliphatic carbocycles. The van der Waals surface area contributed by atoms with Crippen LogP contribution in [0.25, 0.3) is 0 Å². The molecule has 1 aromatic rings. The lowest BCUT2D eigenvalue weighted by Gasteiger charge is -2.22. The highest BCUT2D eigenvalue weighted by molar-refractivity contribution is 5.92. The summed E-state index contributed by atoms with van der Waals surface area (Å²) < 4.78 is 0. The summed E-state index contributed by atoms with van der Waals surface area (Å²) in [6, 6.07) is 5.14. The molecule has 1 unspecified atom stereocenters. The van der Waals surface area contributed by atoms with Crippen molar-refractivity contribution in [3.05, 3.63) is 29.6 Å². The quantitative estimate of drug-likeness (QED) is 0.825. The number of aliphatic hydroxyl groups is 1. The summed E-state index contributed by atoms with van der Waals surface area (Å²) in [6.07, 6.45) is 3.48. The first kappa shape index (κ1) is 13.5. The van der Waals surface area contributed by atoms with E-state index in [0.717, 1.165) is 6.42 Å². The molecule has 5 heteroatoms. The predicted molar refractivity (Wildman–Crippen MR) is 69.3 cm³/mol. The van der Waals surface area contributed by atoms with Gasteiger partial charge in [-0.25, -0.2) is 4.98 Å². The minimum Gasteiger partial charge on any atom is -0.390 e. The van der Waals surface area contributed by atoms with Crippen molar-refractivity contribution in [3.8, 4) is 6.07 Å². The minimum atomic E-state index is -0.687. The maximum Gasteiger partial charge on any atom is 0.272 e. The number of aromatic nitrogens is 1. The second kappa shape index (κ2) is 5.37. The molecule has 1 fully saturated rings. The third kappa shape index (κ3) is 3.30. The van der Waals surface area contributed by atoms with E-state index in [1.807, 2.05) is 6.07 Å². The number of likely N-dealkylation sites (tertiary alicyclic amines) is 1. The zero-order chi connectivity index (χ0) is 13.9. The predicted octanol–water partition coefficient (Wildman–Crippen LogP) is 1.33. The molecule has 1 aliphatic rings. The van der Waals surface area contributed by atoms with Crippen LogP contribution in [-0.2, 0) is 0 Å². The van der Waals surface area contributed by atoms with Crippen LogP contribution < -0.4 is 0 Å². The van der Waals surface area contributed by atoms with E-state index in [9.17, 15) is 9.90 Å². The van der Waals surface area contributed by atoms with Crippen LogP contribution in [0.1, 0.15) is 42.2 Å². The monoisotopic (exact) mass is 259 g/mol. The van der Waals surface area contributed by atoms with Crippen molar-refractivity contribution >= 4 is 5.91 Å². The molecule has 0 bridgehead atoms. The van der Waals surface area contributed by atoms with Crippen LogP contribution in [0.3, 0.4) is 0 Å². The Hall–Kier alpha value is -1.93. The van der Waals surface area contributed by atoms with Crippen molar-refractivity contribution in [1.82, 2.24) is 9.88 Å². The summed E-state index contributed by atoms with van der Waals surface area (Å²) in [5.74, 6) is -0.137. The molecule has 0 aromatic carbocycles. The average molecular weight is 259 g/mol. The van der Waals surface area contributed by atoms with Crippen LogP contribution in [0.5, 0.6) is 0 Å². The molecule has 100 valence electrons. The normalized spacial score (nSPS) is 23.5. The van der Waals surface area contributed by atoms with Gasteiger partial charge in [-0.05, 0) is 38.3 Å². The Morgan fingerprint density at radius 2 is 2.26 bits per heavy atom. The lowest BCUT2D eigenvalue weighted by atomic mass is 9.98. The van der Waals surface area contributed by atoms with Crippen molar-refractivity contribution in [1.29, 1.82) is 5.26 Å². The first-order chi connectivity index (χ1) is 9.02. The molecule has 1 N–H and O–H groups in total. The van der Waals surface area contributed by atoms with Crippen LogP contribution in [0.15, 0.2) is 18.3 Å². The van der Waals surface area contributed by atoms with Gasteiger partial charge in [0.25, 0.3) is 5.91 Å². The molecular weight excluding hydrogens is 242 g/mol. The number of rotatable bonds is 1. The molecule has 0 radical (unpaired) electrons. The van der Waals surface area contributed by atoms with Crippen LogP contribution in [0.2, 0.25) is 0 Å². The van der Waals surface area contributed by atoms with Gasteiger partial charge in [0, 0.05) is 19.3 Å². The zero-order valence-electron chi connectivity index (χ0n) is 11.0. The zero-order valence-corrected chi connectivity index (χ0v) is 11.0. The first-order valence-electron chi connectivity index (χ1n) is 6.40. The van der Waals surface area contributed by atoms with E-state index in [4.69, 9.17) is 5.26 Å². The molecular formula is C14H17N3O2. The van der Waals surface area contributed by atoms with Gasteiger partial charge in [-0.1, -0.05) is 0 Å². The van der Waals surface area contributed by atoms with E-state index in [0.29, 0.717) is 37.2 Å². The molecule has 2 rings (SSSR count). The van der Waals surface area contributed by atoms with Crippen molar-refractivity contribution in [3.63, 3.8) is 0 Å². The molecule has 1 aromatic heterocycles. The van der Waals surface area contributed by atoms with Crippen molar-refractivity contribution in [2.75, 3.05) is 13.1 Å². The number of nitrogens with zero attached hydrogens (tertiary/aromatic N) is 3. The van der Waals surface area contributed by atoms with Gasteiger partial charge in [0.2, 0.25) is 0 Å². The summed E-state index contributed by atoms with van der Waals surface area (Å²) >= 11 is 0. The summed E-state index contributed by atoms with van der Waals surface area (Å²) in [5, 5.41) is 18.7. The Morgan fingerprint density at radius 1 is 1.47 bits per heavy atom. The molecule has 0 spiro atoms. The minimum absolute atomic E-state index is 0.137. The smallest absolute Gasteiger partial charge is 0.272 e. The number of hydrogen-bond acceptors (Lipinski definition) is 4. The third-order valence-corrected chi connectivity index (χ3v) is 3.46. The lowest BCUT2D eigenvalue weighted by molar-refractivity contribution is 0.0437. The van der Waals surface area contributed by atoms with Crippen LogP contribution >= 0.6 is 0 Å². The van der Waals surface area contributed by atoms with Gasteiger partial charge < -0.3 is 10.0 Å². The van der Waals surface area contributed by atoms with Gasteiger partial charge in [-0.3, -0.25) is 4.79 Å². The molecule has 1 aliphatic heterocycles. The molecule has 2 heterocycles. The fourth-order valence-electron chi connectivity index (χ4n) is 2.21. The Morgan fingerprint density at radius 3 is 2.89 bits per heavy atom. The fraction of sp³-hybridized carbons (Fsp3) is 0.500. The van der Waals surface area contributed by atoms with Crippen molar-refractivity contribution < 1.29 is 9.90 Å². The van der Waals surface area contributed by atoms with Gasteiger partial charge >= 0.3 is 0 Å². The van der Waals surface area contributed by atoms with Gasteiger partial charge in [0.15, 0.2) is 0 Å². The van der Waals surface area contributed by atoms with Crippen molar-refractivity contribution in [2.45, 2.75) is 31.8 Å². The van der Waals surface area contributed by atoms with Gasteiger partial charge in [-0.2, -0.15) is 5.26 Å². The number of hydrogen-bond donors (Lipinski definition) is 1. The highest BCUT2D eigenvalue weighted by Gasteiger charge is 2.27. The van der Waals surface area contributed by atoms with Gasteiger partial charge in [0.1, 0.15) is 11.8 Å². The summed E-state index contributed by atoms with van der Waals surface area (Å²) in [7, 11) is 0. The molecule has 19 heavy (non-hydrogen) atoms. The van der Waals surface area contributed by atoms with E-state index < -0.39 is 5.60 Å². The second-order valence-electron chi connectivity index (χ2n) is 5.19. The molecule has 1 amide bonds. The maximum absolute atomic E-state index is 12.3. The molecule has 1 saturated heterocycles. The van der Waals surface area contributed by atoms with Gasteiger partial charge in [-0.15, -0.1) is 0 Å². The average Bonchev–Trinajstić information content (AvgIpc) is 2.59. The Balaban J connectivity index is 2.08. The third-order valence-electron chi connectivity index (χ3n) is 3.46. The second-order valence-corrected chi connectivity index (χ2v) is 5.19. The van der Waals surface area contributed by atoms with E-state index in [1.54, 1.807) is 24.0 Å². The Kier molecular flexibility index (Phi) is 3.82. The summed E-state index contributed by atoms with van der Waals surface area (Å²) in [5.41, 5.74) is 0.100. The number of amides is 1. The fourth-order valence-corrected chi connectivity index (χ4v) is 2.21. The Bertz CT molecular complexity index is 502. The number of carbonyl (C=O) groups is 1. The van der Waals surface area contributed by atoms with Crippen LogP contribution in [0, 0.1) is 11.3 Å². The Labute approximate surface area is 112 Å². The highest BCUT2D eigenvalue weighted by Crippen LogP contribution is 2.22. The summed E-state index contributed by atoms with van der Waals surface area (Å²) in [6.45, 7) is 2.98. The number of nitriles is 1. The van der Waals surface area contributed by atoms with Crippen molar-refractivity contribution in [2.24, 2.45) is 0 Å². The first-order valence-corrected chi connectivity index (χ1v) is 6.40. The lowest BCUT2D eigenvalue weighted by Crippen LogP contribution is -2.34. The standard InChI is InChI=1S/C14H17N3O2/c1-14(19)5-2-7-17(8-6-14)13(18)12-4-3-11(9-15)10-16-12/h3-4,10,19H,2,5-8H2,1H3. The van der Waals surface area contributed by atoms with E-state index in [-0.39, 0.29) is 5.91 Å². The topological polar surface area (TPSA) is 77.2 Å².